The molecule has 1 aliphatic heterocycles. The van der Waals surface area contributed by atoms with E-state index < -0.39 is 30.8 Å². The number of aromatic nitrogens is 3. The van der Waals surface area contributed by atoms with Gasteiger partial charge in [0.25, 0.3) is 5.92 Å². The molecule has 9 heteroatoms. The van der Waals surface area contributed by atoms with E-state index in [0.717, 1.165) is 11.3 Å². The van der Waals surface area contributed by atoms with Crippen LogP contribution in [0.3, 0.4) is 0 Å². The van der Waals surface area contributed by atoms with Crippen LogP contribution in [0.4, 0.5) is 8.78 Å². The fourth-order valence-corrected chi connectivity index (χ4v) is 2.56. The average molecular weight is 358 g/mol. The number of rotatable bonds is 4. The van der Waals surface area contributed by atoms with Crippen LogP contribution in [-0.4, -0.2) is 39.4 Å². The highest BCUT2D eigenvalue weighted by molar-refractivity contribution is 5.85. The van der Waals surface area contributed by atoms with Gasteiger partial charge in [0.2, 0.25) is 5.91 Å². The van der Waals surface area contributed by atoms with E-state index in [9.17, 15) is 13.6 Å². The van der Waals surface area contributed by atoms with Crippen molar-refractivity contribution in [3.8, 4) is 5.69 Å². The number of hydrogen-bond donors (Lipinski definition) is 2. The molecule has 1 amide bonds. The first-order valence-electron chi connectivity index (χ1n) is 7.33. The van der Waals surface area contributed by atoms with Crippen molar-refractivity contribution < 1.29 is 13.6 Å². The number of nitrogens with one attached hydrogen (secondary N) is 2. The Labute approximate surface area is 144 Å². The first kappa shape index (κ1) is 18.3. The topological polar surface area (TPSA) is 71.8 Å². The van der Waals surface area contributed by atoms with Crippen molar-refractivity contribution in [1.29, 1.82) is 0 Å². The standard InChI is InChI=1S/C15H17F2N5O.ClH/c1-10(20-14(23)13-8-15(16,17)9-18-13)11-2-4-12(5-3-11)22-7-6-19-21-22;/h2-7,10,13,18H,8-9H2,1H3,(H,20,23);1H. The van der Waals surface area contributed by atoms with Crippen LogP contribution in [0.2, 0.25) is 0 Å². The maximum Gasteiger partial charge on any atom is 0.262 e. The molecule has 0 saturated carbocycles. The molecule has 1 fully saturated rings. The van der Waals surface area contributed by atoms with E-state index in [-0.39, 0.29) is 18.4 Å². The number of benzene rings is 1. The molecule has 3 rings (SSSR count). The zero-order chi connectivity index (χ0) is 16.4. The van der Waals surface area contributed by atoms with E-state index in [0.29, 0.717) is 0 Å². The quantitative estimate of drug-likeness (QED) is 0.876. The predicted octanol–water partition coefficient (Wildman–Crippen LogP) is 1.86. The summed E-state index contributed by atoms with van der Waals surface area (Å²) in [5.41, 5.74) is 1.73. The minimum Gasteiger partial charge on any atom is -0.348 e. The molecule has 0 spiro atoms. The van der Waals surface area contributed by atoms with Crippen molar-refractivity contribution in [1.82, 2.24) is 25.6 Å². The number of hydrogen-bond acceptors (Lipinski definition) is 4. The lowest BCUT2D eigenvalue weighted by molar-refractivity contribution is -0.124. The monoisotopic (exact) mass is 357 g/mol. The summed E-state index contributed by atoms with van der Waals surface area (Å²) in [6, 6.07) is 6.31. The van der Waals surface area contributed by atoms with E-state index in [1.165, 1.54) is 0 Å². The summed E-state index contributed by atoms with van der Waals surface area (Å²) in [5, 5.41) is 12.9. The van der Waals surface area contributed by atoms with E-state index in [1.807, 2.05) is 31.2 Å². The van der Waals surface area contributed by atoms with Crippen LogP contribution in [0, 0.1) is 0 Å². The van der Waals surface area contributed by atoms with Gasteiger partial charge in [0.1, 0.15) is 0 Å². The number of halogens is 3. The van der Waals surface area contributed by atoms with Crippen LogP contribution < -0.4 is 10.6 Å². The fourth-order valence-electron chi connectivity index (χ4n) is 2.56. The van der Waals surface area contributed by atoms with Crippen molar-refractivity contribution in [2.75, 3.05) is 6.54 Å². The summed E-state index contributed by atoms with van der Waals surface area (Å²) in [6.45, 7) is 1.36. The molecule has 1 aromatic heterocycles. The minimum atomic E-state index is -2.81. The highest BCUT2D eigenvalue weighted by Crippen LogP contribution is 2.25. The van der Waals surface area contributed by atoms with Gasteiger partial charge in [0.05, 0.1) is 36.7 Å². The van der Waals surface area contributed by atoms with Crippen molar-refractivity contribution >= 4 is 18.3 Å². The summed E-state index contributed by atoms with van der Waals surface area (Å²) in [4.78, 5) is 12.0. The molecule has 1 aliphatic rings. The Balaban J connectivity index is 0.00000208. The Morgan fingerprint density at radius 1 is 1.42 bits per heavy atom. The molecule has 2 atom stereocenters. The zero-order valence-corrected chi connectivity index (χ0v) is 13.8. The lowest BCUT2D eigenvalue weighted by Crippen LogP contribution is -2.41. The second-order valence-electron chi connectivity index (χ2n) is 5.66. The van der Waals surface area contributed by atoms with Gasteiger partial charge in [-0.3, -0.25) is 10.1 Å². The SMILES string of the molecule is CC(NC(=O)C1CC(F)(F)CN1)c1ccc(-n2ccnn2)cc1.Cl. The van der Waals surface area contributed by atoms with Crippen LogP contribution in [-0.2, 0) is 4.79 Å². The minimum absolute atomic E-state index is 0. The molecule has 2 aromatic rings. The molecule has 2 unspecified atom stereocenters. The van der Waals surface area contributed by atoms with Crippen LogP contribution in [0.5, 0.6) is 0 Å². The molecule has 130 valence electrons. The molecule has 2 N–H and O–H groups in total. The third-order valence-corrected chi connectivity index (χ3v) is 3.87. The summed E-state index contributed by atoms with van der Waals surface area (Å²) in [5.74, 6) is -3.22. The first-order valence-corrected chi connectivity index (χ1v) is 7.33. The molecular formula is C15H18ClF2N5O. The van der Waals surface area contributed by atoms with Gasteiger partial charge >= 0.3 is 0 Å². The third kappa shape index (κ3) is 4.07. The van der Waals surface area contributed by atoms with Crippen LogP contribution in [0.15, 0.2) is 36.7 Å². The Kier molecular flexibility index (Phi) is 5.51. The second kappa shape index (κ2) is 7.23. The fraction of sp³-hybridized carbons (Fsp3) is 0.400. The van der Waals surface area contributed by atoms with Gasteiger partial charge in [0.15, 0.2) is 0 Å². The third-order valence-electron chi connectivity index (χ3n) is 3.87. The maximum atomic E-state index is 13.1. The van der Waals surface area contributed by atoms with Gasteiger partial charge in [0, 0.05) is 6.42 Å². The van der Waals surface area contributed by atoms with Gasteiger partial charge in [-0.1, -0.05) is 17.3 Å². The molecule has 0 radical (unpaired) electrons. The van der Waals surface area contributed by atoms with Crippen LogP contribution >= 0.6 is 12.4 Å². The molecule has 6 nitrogen and oxygen atoms in total. The number of amides is 1. The predicted molar refractivity (Wildman–Crippen MR) is 86.5 cm³/mol. The normalized spacial score (nSPS) is 20.2. The van der Waals surface area contributed by atoms with Crippen LogP contribution in [0.1, 0.15) is 24.9 Å². The van der Waals surface area contributed by atoms with E-state index in [1.54, 1.807) is 17.1 Å². The maximum absolute atomic E-state index is 13.1. The van der Waals surface area contributed by atoms with E-state index in [2.05, 4.69) is 20.9 Å². The van der Waals surface area contributed by atoms with E-state index >= 15 is 0 Å². The molecule has 24 heavy (non-hydrogen) atoms. The van der Waals surface area contributed by atoms with E-state index in [4.69, 9.17) is 0 Å². The molecule has 0 bridgehead atoms. The van der Waals surface area contributed by atoms with Gasteiger partial charge in [-0.2, -0.15) is 0 Å². The lowest BCUT2D eigenvalue weighted by atomic mass is 10.1. The Bertz CT molecular complexity index is 678. The van der Waals surface area contributed by atoms with Gasteiger partial charge in [-0.05, 0) is 24.6 Å². The van der Waals surface area contributed by atoms with Gasteiger partial charge < -0.3 is 5.32 Å². The Hall–Kier alpha value is -2.06. The summed E-state index contributed by atoms with van der Waals surface area (Å²) in [7, 11) is 0. The number of alkyl halides is 2. The first-order chi connectivity index (χ1) is 10.9. The average Bonchev–Trinajstić information content (AvgIpc) is 3.16. The van der Waals surface area contributed by atoms with Gasteiger partial charge in [-0.15, -0.1) is 17.5 Å². The van der Waals surface area contributed by atoms with Crippen molar-refractivity contribution in [3.63, 3.8) is 0 Å². The molecule has 0 aliphatic carbocycles. The summed E-state index contributed by atoms with van der Waals surface area (Å²) < 4.78 is 27.9. The molecule has 2 heterocycles. The largest absolute Gasteiger partial charge is 0.348 e. The van der Waals surface area contributed by atoms with Crippen LogP contribution in [0.25, 0.3) is 5.69 Å². The zero-order valence-electron chi connectivity index (χ0n) is 12.9. The lowest BCUT2D eigenvalue weighted by Gasteiger charge is -2.18. The van der Waals surface area contributed by atoms with Crippen molar-refractivity contribution in [2.24, 2.45) is 0 Å². The van der Waals surface area contributed by atoms with Gasteiger partial charge in [-0.25, -0.2) is 13.5 Å². The smallest absolute Gasteiger partial charge is 0.262 e. The van der Waals surface area contributed by atoms with Crippen molar-refractivity contribution in [3.05, 3.63) is 42.2 Å². The summed E-state index contributed by atoms with van der Waals surface area (Å²) >= 11 is 0. The highest BCUT2D eigenvalue weighted by Gasteiger charge is 2.42. The summed E-state index contributed by atoms with van der Waals surface area (Å²) in [6.07, 6.45) is 2.85. The highest BCUT2D eigenvalue weighted by atomic mass is 35.5. The second-order valence-corrected chi connectivity index (χ2v) is 5.66. The molecule has 1 saturated heterocycles. The van der Waals surface area contributed by atoms with Crippen molar-refractivity contribution in [2.45, 2.75) is 31.4 Å². The molecular weight excluding hydrogens is 340 g/mol. The molecule has 1 aromatic carbocycles. The Morgan fingerprint density at radius 2 is 2.12 bits per heavy atom. The number of carbonyl (C=O) groups excluding carboxylic acids is 1. The Morgan fingerprint density at radius 3 is 2.67 bits per heavy atom. The number of nitrogens with zero attached hydrogens (tertiary/aromatic N) is 3. The number of carbonyl (C=O) groups is 1.